The summed E-state index contributed by atoms with van der Waals surface area (Å²) in [5.74, 6) is -0.00519. The van der Waals surface area contributed by atoms with Crippen molar-refractivity contribution in [1.29, 1.82) is 0 Å². The van der Waals surface area contributed by atoms with Crippen LogP contribution in [0.15, 0.2) is 41.6 Å². The molecule has 0 bridgehead atoms. The number of hydrogen-bond acceptors (Lipinski definition) is 4. The van der Waals surface area contributed by atoms with Crippen molar-refractivity contribution < 1.29 is 18.0 Å². The van der Waals surface area contributed by atoms with Gasteiger partial charge in [-0.05, 0) is 78.3 Å². The molecule has 2 fully saturated rings. The summed E-state index contributed by atoms with van der Waals surface area (Å²) in [7, 11) is 0. The molecule has 4 rings (SSSR count). The molecule has 196 valence electrons. The van der Waals surface area contributed by atoms with Crippen LogP contribution in [0.1, 0.15) is 85.3 Å². The maximum Gasteiger partial charge on any atom is 0.416 e. The summed E-state index contributed by atoms with van der Waals surface area (Å²) in [6, 6.07) is 11.0. The summed E-state index contributed by atoms with van der Waals surface area (Å²) >= 11 is 1.93. The number of nitrogens with zero attached hydrogens (tertiary/aromatic N) is 2. The number of likely N-dealkylation sites (tertiary alicyclic amines) is 1. The first kappa shape index (κ1) is 27.1. The molecule has 1 saturated carbocycles. The summed E-state index contributed by atoms with van der Waals surface area (Å²) in [5.41, 5.74) is 4.73. The largest absolute Gasteiger partial charge is 0.416 e. The lowest BCUT2D eigenvalue weighted by molar-refractivity contribution is -0.138. The molecular formula is C29H37F3N2OS. The maximum absolute atomic E-state index is 13.8. The molecule has 0 spiro atoms. The molecule has 0 amide bonds. The number of benzene rings is 2. The highest BCUT2D eigenvalue weighted by atomic mass is 32.2. The van der Waals surface area contributed by atoms with E-state index >= 15 is 0 Å². The third-order valence-corrected chi connectivity index (χ3v) is 8.52. The third-order valence-electron chi connectivity index (χ3n) is 7.56. The lowest BCUT2D eigenvalue weighted by Crippen LogP contribution is -2.48. The fourth-order valence-corrected chi connectivity index (χ4v) is 6.06. The van der Waals surface area contributed by atoms with Gasteiger partial charge in [0.25, 0.3) is 0 Å². The second kappa shape index (κ2) is 12.0. The molecule has 2 aliphatic rings. The van der Waals surface area contributed by atoms with Crippen LogP contribution in [-0.4, -0.2) is 35.2 Å². The van der Waals surface area contributed by atoms with E-state index in [0.29, 0.717) is 11.1 Å². The molecule has 2 aromatic rings. The molecule has 0 atom stereocenters. The highest BCUT2D eigenvalue weighted by Gasteiger charge is 2.35. The number of halogens is 3. The average molecular weight is 519 g/mol. The Morgan fingerprint density at radius 1 is 1.06 bits per heavy atom. The molecule has 1 heterocycles. The van der Waals surface area contributed by atoms with Crippen LogP contribution < -0.4 is 0 Å². The van der Waals surface area contributed by atoms with E-state index in [1.54, 1.807) is 12.1 Å². The maximum atomic E-state index is 13.8. The Labute approximate surface area is 217 Å². The monoisotopic (exact) mass is 518 g/mol. The van der Waals surface area contributed by atoms with Gasteiger partial charge in [0, 0.05) is 24.9 Å². The minimum atomic E-state index is -4.37. The van der Waals surface area contributed by atoms with Crippen LogP contribution in [0.25, 0.3) is 0 Å². The Hall–Kier alpha value is -1.99. The first-order valence-electron chi connectivity index (χ1n) is 13.0. The van der Waals surface area contributed by atoms with E-state index in [9.17, 15) is 13.2 Å². The standard InChI is InChI=1S/C29H37F3N2OS/c1-4-22-15-24(11-12-25(22)16-34-17-26(18-34)36-3)20(2)33-35-19-21-10-13-27(23-8-6-5-7-9-23)28(14-21)29(30,31)32/h10-15,23,26H,4-9,16-19H2,1-3H3/b33-20+. The smallest absolute Gasteiger partial charge is 0.391 e. The second-order valence-corrected chi connectivity index (χ2v) is 11.2. The molecule has 3 nitrogen and oxygen atoms in total. The molecule has 36 heavy (non-hydrogen) atoms. The predicted octanol–water partition coefficient (Wildman–Crippen LogP) is 7.80. The summed E-state index contributed by atoms with van der Waals surface area (Å²) < 4.78 is 41.5. The van der Waals surface area contributed by atoms with Crippen molar-refractivity contribution >= 4 is 17.5 Å². The predicted molar refractivity (Wildman–Crippen MR) is 143 cm³/mol. The Bertz CT molecular complexity index is 1060. The van der Waals surface area contributed by atoms with Gasteiger partial charge in [0.2, 0.25) is 0 Å². The number of hydrogen-bond donors (Lipinski definition) is 0. The van der Waals surface area contributed by atoms with Crippen molar-refractivity contribution in [1.82, 2.24) is 4.90 Å². The van der Waals surface area contributed by atoms with Crippen molar-refractivity contribution in [3.63, 3.8) is 0 Å². The van der Waals surface area contributed by atoms with Crippen LogP contribution in [0.4, 0.5) is 13.2 Å². The molecule has 0 radical (unpaired) electrons. The number of thioether (sulfide) groups is 1. The van der Waals surface area contributed by atoms with Crippen molar-refractivity contribution in [3.8, 4) is 0 Å². The van der Waals surface area contributed by atoms with Crippen LogP contribution in [0, 0.1) is 0 Å². The molecule has 0 unspecified atom stereocenters. The lowest BCUT2D eigenvalue weighted by atomic mass is 9.81. The van der Waals surface area contributed by atoms with Crippen molar-refractivity contribution in [2.75, 3.05) is 19.3 Å². The third kappa shape index (κ3) is 6.65. The van der Waals surface area contributed by atoms with Gasteiger partial charge in [-0.3, -0.25) is 4.90 Å². The Morgan fingerprint density at radius 2 is 1.81 bits per heavy atom. The zero-order chi connectivity index (χ0) is 25.7. The minimum Gasteiger partial charge on any atom is -0.391 e. The van der Waals surface area contributed by atoms with Gasteiger partial charge in [0.05, 0.1) is 11.3 Å². The highest BCUT2D eigenvalue weighted by Crippen LogP contribution is 2.41. The van der Waals surface area contributed by atoms with Crippen LogP contribution in [0.3, 0.4) is 0 Å². The molecule has 7 heteroatoms. The SMILES string of the molecule is CCc1cc(/C(C)=N/OCc2ccc(C3CCCCC3)c(C(F)(F)F)c2)ccc1CN1CC(SC)C1. The van der Waals surface area contributed by atoms with E-state index in [2.05, 4.69) is 41.4 Å². The van der Waals surface area contributed by atoms with Crippen molar-refractivity contribution in [3.05, 3.63) is 69.8 Å². The van der Waals surface area contributed by atoms with Crippen LogP contribution >= 0.6 is 11.8 Å². The van der Waals surface area contributed by atoms with Gasteiger partial charge >= 0.3 is 6.18 Å². The highest BCUT2D eigenvalue weighted by molar-refractivity contribution is 7.99. The first-order valence-corrected chi connectivity index (χ1v) is 14.3. The average Bonchev–Trinajstić information content (AvgIpc) is 2.85. The van der Waals surface area contributed by atoms with Gasteiger partial charge in [-0.1, -0.05) is 55.6 Å². The summed E-state index contributed by atoms with van der Waals surface area (Å²) in [4.78, 5) is 7.98. The first-order chi connectivity index (χ1) is 17.3. The molecular weight excluding hydrogens is 481 g/mol. The normalized spacial score (nSPS) is 18.3. The van der Waals surface area contributed by atoms with Gasteiger partial charge < -0.3 is 4.84 Å². The zero-order valence-electron chi connectivity index (χ0n) is 21.5. The van der Waals surface area contributed by atoms with E-state index in [-0.39, 0.29) is 12.5 Å². The van der Waals surface area contributed by atoms with Crippen LogP contribution in [0.5, 0.6) is 0 Å². The second-order valence-electron chi connectivity index (χ2n) is 10.1. The lowest BCUT2D eigenvalue weighted by Gasteiger charge is -2.38. The summed E-state index contributed by atoms with van der Waals surface area (Å²) in [6.45, 7) is 7.28. The molecule has 2 aromatic carbocycles. The Balaban J connectivity index is 1.41. The molecule has 1 aliphatic heterocycles. The number of alkyl halides is 3. The number of aryl methyl sites for hydroxylation is 1. The van der Waals surface area contributed by atoms with E-state index in [1.165, 1.54) is 17.2 Å². The van der Waals surface area contributed by atoms with Gasteiger partial charge in [0.15, 0.2) is 0 Å². The number of oxime groups is 1. The molecule has 0 aromatic heterocycles. The Kier molecular flexibility index (Phi) is 9.05. The van der Waals surface area contributed by atoms with Gasteiger partial charge in [-0.2, -0.15) is 24.9 Å². The Morgan fingerprint density at radius 3 is 2.47 bits per heavy atom. The number of rotatable bonds is 9. The molecule has 1 aliphatic carbocycles. The topological polar surface area (TPSA) is 24.8 Å². The fourth-order valence-electron chi connectivity index (χ4n) is 5.34. The van der Waals surface area contributed by atoms with Crippen LogP contribution in [-0.2, 0) is 30.6 Å². The van der Waals surface area contributed by atoms with Crippen molar-refractivity contribution in [2.24, 2.45) is 5.16 Å². The minimum absolute atomic E-state index is 0.00519. The van der Waals surface area contributed by atoms with Crippen LogP contribution in [0.2, 0.25) is 0 Å². The summed E-state index contributed by atoms with van der Waals surface area (Å²) in [5, 5.41) is 4.98. The van der Waals surface area contributed by atoms with E-state index in [0.717, 1.165) is 74.7 Å². The van der Waals surface area contributed by atoms with E-state index in [1.807, 2.05) is 18.7 Å². The zero-order valence-corrected chi connectivity index (χ0v) is 22.4. The van der Waals surface area contributed by atoms with Gasteiger partial charge in [0.1, 0.15) is 6.61 Å². The van der Waals surface area contributed by atoms with Gasteiger partial charge in [-0.25, -0.2) is 0 Å². The fraction of sp³-hybridized carbons (Fsp3) is 0.552. The molecule has 0 N–H and O–H groups in total. The summed E-state index contributed by atoms with van der Waals surface area (Å²) in [6.07, 6.45) is 3.50. The molecule has 1 saturated heterocycles. The van der Waals surface area contributed by atoms with E-state index < -0.39 is 11.7 Å². The van der Waals surface area contributed by atoms with E-state index in [4.69, 9.17) is 4.84 Å². The van der Waals surface area contributed by atoms with Crippen molar-refractivity contribution in [2.45, 2.75) is 82.9 Å². The van der Waals surface area contributed by atoms with Gasteiger partial charge in [-0.15, -0.1) is 0 Å². The quantitative estimate of drug-likeness (QED) is 0.250.